The molecular weight excluding hydrogens is 196 g/mol. The molecule has 1 aliphatic rings. The summed E-state index contributed by atoms with van der Waals surface area (Å²) in [4.78, 5) is 26.8. The molecule has 0 saturated carbocycles. The molecule has 1 aliphatic heterocycles. The number of benzene rings is 1. The van der Waals surface area contributed by atoms with Gasteiger partial charge < -0.3 is 5.32 Å². The Morgan fingerprint density at radius 2 is 2.13 bits per heavy atom. The van der Waals surface area contributed by atoms with Gasteiger partial charge in [0.2, 0.25) is 6.41 Å². The van der Waals surface area contributed by atoms with Crippen molar-refractivity contribution in [2.45, 2.75) is 6.17 Å². The molecule has 1 aromatic rings. The van der Waals surface area contributed by atoms with Crippen molar-refractivity contribution in [2.75, 3.05) is 6.61 Å². The Hall–Kier alpha value is -1.88. The maximum Gasteiger partial charge on any atom is 0.250 e. The second kappa shape index (κ2) is 4.10. The zero-order chi connectivity index (χ0) is 10.7. The van der Waals surface area contributed by atoms with Crippen molar-refractivity contribution in [3.8, 4) is 0 Å². The van der Waals surface area contributed by atoms with Crippen LogP contribution in [-0.4, -0.2) is 24.0 Å². The summed E-state index contributed by atoms with van der Waals surface area (Å²) in [5.41, 5.74) is 0.803. The van der Waals surface area contributed by atoms with Crippen LogP contribution in [0.15, 0.2) is 30.3 Å². The van der Waals surface area contributed by atoms with Crippen LogP contribution in [0.5, 0.6) is 0 Å². The molecule has 1 aromatic carbocycles. The second-order valence-corrected chi connectivity index (χ2v) is 3.12. The van der Waals surface area contributed by atoms with Gasteiger partial charge in [0.25, 0.3) is 5.91 Å². The van der Waals surface area contributed by atoms with Crippen LogP contribution in [-0.2, 0) is 14.4 Å². The van der Waals surface area contributed by atoms with E-state index in [-0.39, 0.29) is 12.5 Å². The topological polar surface area (TPSA) is 58.6 Å². The van der Waals surface area contributed by atoms with Gasteiger partial charge in [-0.15, -0.1) is 0 Å². The monoisotopic (exact) mass is 206 g/mol. The fraction of sp³-hybridized carbons (Fsp3) is 0.200. The molecule has 0 radical (unpaired) electrons. The number of hydroxylamine groups is 2. The zero-order valence-electron chi connectivity index (χ0n) is 7.92. The van der Waals surface area contributed by atoms with Gasteiger partial charge in [0, 0.05) is 0 Å². The summed E-state index contributed by atoms with van der Waals surface area (Å²) < 4.78 is 0. The van der Waals surface area contributed by atoms with Gasteiger partial charge in [-0.3, -0.25) is 14.4 Å². The minimum atomic E-state index is -0.537. The van der Waals surface area contributed by atoms with Crippen molar-refractivity contribution in [2.24, 2.45) is 0 Å². The Bertz CT molecular complexity index is 366. The summed E-state index contributed by atoms with van der Waals surface area (Å²) in [5, 5.41) is 3.76. The number of carbonyl (C=O) groups is 2. The van der Waals surface area contributed by atoms with Crippen molar-refractivity contribution in [3.05, 3.63) is 35.9 Å². The van der Waals surface area contributed by atoms with Gasteiger partial charge in [-0.25, -0.2) is 0 Å². The predicted octanol–water partition coefficient (Wildman–Crippen LogP) is 0.205. The molecular formula is C10H10N2O3. The number of nitrogens with one attached hydrogen (secondary N) is 1. The van der Waals surface area contributed by atoms with Crippen LogP contribution in [0.1, 0.15) is 11.7 Å². The third kappa shape index (κ3) is 1.97. The van der Waals surface area contributed by atoms with Crippen molar-refractivity contribution in [3.63, 3.8) is 0 Å². The molecule has 5 heteroatoms. The lowest BCUT2D eigenvalue weighted by Crippen LogP contribution is -2.48. The molecule has 1 fully saturated rings. The van der Waals surface area contributed by atoms with Gasteiger partial charge in [-0.05, 0) is 5.56 Å². The van der Waals surface area contributed by atoms with Crippen LogP contribution in [0.25, 0.3) is 0 Å². The average molecular weight is 206 g/mol. The zero-order valence-corrected chi connectivity index (χ0v) is 7.92. The number of rotatable bonds is 2. The summed E-state index contributed by atoms with van der Waals surface area (Å²) >= 11 is 0. The minimum Gasteiger partial charge on any atom is -0.328 e. The lowest BCUT2D eigenvalue weighted by Gasteiger charge is -2.32. The first-order valence-electron chi connectivity index (χ1n) is 4.52. The lowest BCUT2D eigenvalue weighted by atomic mass is 10.1. The number of hydrogen-bond donors (Lipinski definition) is 1. The molecule has 1 saturated heterocycles. The van der Waals surface area contributed by atoms with Crippen LogP contribution < -0.4 is 5.32 Å². The Kier molecular flexibility index (Phi) is 2.64. The first-order valence-corrected chi connectivity index (χ1v) is 4.52. The van der Waals surface area contributed by atoms with Gasteiger partial charge in [-0.2, -0.15) is 5.06 Å². The third-order valence-electron chi connectivity index (χ3n) is 2.12. The summed E-state index contributed by atoms with van der Waals surface area (Å²) in [6.07, 6.45) is 0.0156. The third-order valence-corrected chi connectivity index (χ3v) is 2.12. The molecule has 5 nitrogen and oxygen atoms in total. The molecule has 0 bridgehead atoms. The van der Waals surface area contributed by atoms with Crippen LogP contribution in [0.4, 0.5) is 0 Å². The van der Waals surface area contributed by atoms with Crippen molar-refractivity contribution < 1.29 is 14.4 Å². The largest absolute Gasteiger partial charge is 0.328 e. The van der Waals surface area contributed by atoms with E-state index < -0.39 is 6.17 Å². The Labute approximate surface area is 86.6 Å². The highest BCUT2D eigenvalue weighted by molar-refractivity contribution is 5.78. The Balaban J connectivity index is 2.24. The minimum absolute atomic E-state index is 0.123. The quantitative estimate of drug-likeness (QED) is 0.703. The van der Waals surface area contributed by atoms with E-state index in [9.17, 15) is 9.59 Å². The van der Waals surface area contributed by atoms with Crippen LogP contribution in [0.3, 0.4) is 0 Å². The van der Waals surface area contributed by atoms with E-state index in [0.717, 1.165) is 10.6 Å². The second-order valence-electron chi connectivity index (χ2n) is 3.12. The molecule has 0 aliphatic carbocycles. The van der Waals surface area contributed by atoms with Gasteiger partial charge >= 0.3 is 0 Å². The molecule has 1 N–H and O–H groups in total. The van der Waals surface area contributed by atoms with Gasteiger partial charge in [-0.1, -0.05) is 30.3 Å². The molecule has 0 spiro atoms. The van der Waals surface area contributed by atoms with Gasteiger partial charge in [0.1, 0.15) is 0 Å². The maximum absolute atomic E-state index is 11.1. The summed E-state index contributed by atoms with van der Waals surface area (Å²) in [7, 11) is 0. The number of amides is 2. The highest BCUT2D eigenvalue weighted by Crippen LogP contribution is 2.18. The van der Waals surface area contributed by atoms with Crippen molar-refractivity contribution in [1.82, 2.24) is 10.4 Å². The normalized spacial score (nSPS) is 20.9. The summed E-state index contributed by atoms with van der Waals surface area (Å²) in [6.45, 7) is -0.123. The maximum atomic E-state index is 11.1. The van der Waals surface area contributed by atoms with E-state index in [1.807, 2.05) is 30.3 Å². The van der Waals surface area contributed by atoms with E-state index in [2.05, 4.69) is 5.32 Å². The van der Waals surface area contributed by atoms with E-state index in [0.29, 0.717) is 6.41 Å². The Morgan fingerprint density at radius 1 is 1.40 bits per heavy atom. The fourth-order valence-electron chi connectivity index (χ4n) is 1.42. The fourth-order valence-corrected chi connectivity index (χ4v) is 1.42. The SMILES string of the molecule is O=CN1OCC(=O)NC1c1ccccc1. The molecule has 78 valence electrons. The lowest BCUT2D eigenvalue weighted by molar-refractivity contribution is -0.208. The molecule has 0 aromatic heterocycles. The standard InChI is InChI=1S/C10H10N2O3/c13-7-12-10(11-9(14)6-15-12)8-4-2-1-3-5-8/h1-5,7,10H,6H2,(H,11,14). The highest BCUT2D eigenvalue weighted by atomic mass is 16.7. The van der Waals surface area contributed by atoms with E-state index in [4.69, 9.17) is 4.84 Å². The smallest absolute Gasteiger partial charge is 0.250 e. The molecule has 1 atom stereocenters. The van der Waals surface area contributed by atoms with Gasteiger partial charge in [0.05, 0.1) is 0 Å². The van der Waals surface area contributed by atoms with E-state index >= 15 is 0 Å². The molecule has 1 unspecified atom stereocenters. The van der Waals surface area contributed by atoms with E-state index in [1.165, 1.54) is 0 Å². The van der Waals surface area contributed by atoms with E-state index in [1.54, 1.807) is 0 Å². The van der Waals surface area contributed by atoms with Crippen molar-refractivity contribution >= 4 is 12.3 Å². The molecule has 2 rings (SSSR count). The van der Waals surface area contributed by atoms with Crippen LogP contribution in [0, 0.1) is 0 Å². The summed E-state index contributed by atoms with van der Waals surface area (Å²) in [6, 6.07) is 9.16. The first kappa shape index (κ1) is 9.67. The number of hydrogen-bond acceptors (Lipinski definition) is 3. The predicted molar refractivity (Wildman–Crippen MR) is 51.2 cm³/mol. The highest BCUT2D eigenvalue weighted by Gasteiger charge is 2.27. The van der Waals surface area contributed by atoms with Gasteiger partial charge in [0.15, 0.2) is 12.8 Å². The van der Waals surface area contributed by atoms with Crippen LogP contribution in [0.2, 0.25) is 0 Å². The average Bonchev–Trinajstić information content (AvgIpc) is 2.30. The van der Waals surface area contributed by atoms with Crippen molar-refractivity contribution in [1.29, 1.82) is 0 Å². The number of nitrogens with zero attached hydrogens (tertiary/aromatic N) is 1. The summed E-state index contributed by atoms with van der Waals surface area (Å²) in [5.74, 6) is -0.234. The van der Waals surface area contributed by atoms with Crippen LogP contribution >= 0.6 is 0 Å². The first-order chi connectivity index (χ1) is 7.31. The molecule has 1 heterocycles. The molecule has 15 heavy (non-hydrogen) atoms. The Morgan fingerprint density at radius 3 is 2.80 bits per heavy atom. The number of carbonyl (C=O) groups excluding carboxylic acids is 2. The molecule has 2 amide bonds.